The van der Waals surface area contributed by atoms with Crippen molar-refractivity contribution in [3.63, 3.8) is 0 Å². The van der Waals surface area contributed by atoms with E-state index in [2.05, 4.69) is 9.88 Å². The predicted octanol–water partition coefficient (Wildman–Crippen LogP) is 0.266. The quantitative estimate of drug-likeness (QED) is 0.761. The maximum atomic E-state index is 11.6. The molecule has 0 aliphatic heterocycles. The first-order valence-electron chi connectivity index (χ1n) is 4.99. The molecule has 0 aliphatic carbocycles. The highest BCUT2D eigenvalue weighted by atomic mass is 32.2. The van der Waals surface area contributed by atoms with E-state index < -0.39 is 27.8 Å². The Labute approximate surface area is 98.9 Å². The molecule has 0 aromatic carbocycles. The van der Waals surface area contributed by atoms with E-state index in [1.54, 1.807) is 13.8 Å². The summed E-state index contributed by atoms with van der Waals surface area (Å²) in [6.07, 6.45) is 0.173. The Balaban J connectivity index is 2.72. The molecule has 0 saturated carbocycles. The Kier molecular flexibility index (Phi) is 4.24. The summed E-state index contributed by atoms with van der Waals surface area (Å²) in [5, 5.41) is 12.3. The lowest BCUT2D eigenvalue weighted by Crippen LogP contribution is -2.40. The molecule has 0 spiro atoms. The summed E-state index contributed by atoms with van der Waals surface area (Å²) in [6, 6.07) is 0.369. The van der Waals surface area contributed by atoms with Crippen molar-refractivity contribution >= 4 is 16.0 Å². The number of nitrogens with one attached hydrogen (secondary N) is 1. The SMILES string of the molecule is CC[C@@H](NS(=O)(=O)Cc1cc(C)on1)C(=O)O. The lowest BCUT2D eigenvalue weighted by molar-refractivity contribution is -0.139. The fourth-order valence-corrected chi connectivity index (χ4v) is 2.56. The van der Waals surface area contributed by atoms with E-state index >= 15 is 0 Å². The first-order chi connectivity index (χ1) is 7.84. The van der Waals surface area contributed by atoms with Crippen molar-refractivity contribution in [2.45, 2.75) is 32.1 Å². The molecule has 0 bridgehead atoms. The van der Waals surface area contributed by atoms with Gasteiger partial charge in [0.2, 0.25) is 10.0 Å². The number of hydrogen-bond acceptors (Lipinski definition) is 5. The van der Waals surface area contributed by atoms with Crippen LogP contribution in [-0.4, -0.2) is 30.7 Å². The van der Waals surface area contributed by atoms with Gasteiger partial charge in [0, 0.05) is 6.07 Å². The molecule has 96 valence electrons. The minimum atomic E-state index is -3.73. The van der Waals surface area contributed by atoms with Gasteiger partial charge in [-0.2, -0.15) is 0 Å². The van der Waals surface area contributed by atoms with Crippen molar-refractivity contribution in [2.75, 3.05) is 0 Å². The van der Waals surface area contributed by atoms with Crippen molar-refractivity contribution in [2.24, 2.45) is 0 Å². The minimum absolute atomic E-state index is 0.173. The van der Waals surface area contributed by atoms with Gasteiger partial charge in [-0.05, 0) is 13.3 Å². The number of carboxylic acids is 1. The van der Waals surface area contributed by atoms with Crippen LogP contribution in [0.25, 0.3) is 0 Å². The van der Waals surface area contributed by atoms with Crippen molar-refractivity contribution in [1.82, 2.24) is 9.88 Å². The number of hydrogen-bond donors (Lipinski definition) is 2. The Morgan fingerprint density at radius 1 is 1.65 bits per heavy atom. The molecule has 1 heterocycles. The van der Waals surface area contributed by atoms with Gasteiger partial charge in [-0.3, -0.25) is 4.79 Å². The maximum Gasteiger partial charge on any atom is 0.321 e. The zero-order valence-electron chi connectivity index (χ0n) is 9.50. The topological polar surface area (TPSA) is 110 Å². The van der Waals surface area contributed by atoms with Crippen molar-refractivity contribution in [1.29, 1.82) is 0 Å². The second-order valence-electron chi connectivity index (χ2n) is 3.60. The van der Waals surface area contributed by atoms with Crippen LogP contribution in [0.2, 0.25) is 0 Å². The van der Waals surface area contributed by atoms with Crippen LogP contribution in [0.3, 0.4) is 0 Å². The normalized spacial score (nSPS) is 13.5. The molecule has 1 aromatic heterocycles. The number of carbonyl (C=O) groups is 1. The highest BCUT2D eigenvalue weighted by Crippen LogP contribution is 2.06. The fourth-order valence-electron chi connectivity index (χ4n) is 1.25. The van der Waals surface area contributed by atoms with Crippen LogP contribution in [0.15, 0.2) is 10.6 Å². The second-order valence-corrected chi connectivity index (χ2v) is 5.36. The van der Waals surface area contributed by atoms with Crippen molar-refractivity contribution < 1.29 is 22.8 Å². The van der Waals surface area contributed by atoms with Crippen LogP contribution >= 0.6 is 0 Å². The van der Waals surface area contributed by atoms with E-state index in [9.17, 15) is 13.2 Å². The monoisotopic (exact) mass is 262 g/mol. The van der Waals surface area contributed by atoms with Gasteiger partial charge < -0.3 is 9.63 Å². The van der Waals surface area contributed by atoms with Gasteiger partial charge in [0.05, 0.1) is 0 Å². The largest absolute Gasteiger partial charge is 0.480 e. The van der Waals surface area contributed by atoms with E-state index in [-0.39, 0.29) is 12.1 Å². The Hall–Kier alpha value is -1.41. The summed E-state index contributed by atoms with van der Waals surface area (Å²) in [6.45, 7) is 3.23. The molecule has 0 fully saturated rings. The average molecular weight is 262 g/mol. The molecule has 0 aliphatic rings. The third kappa shape index (κ3) is 4.16. The van der Waals surface area contributed by atoms with E-state index in [1.165, 1.54) is 6.07 Å². The van der Waals surface area contributed by atoms with Gasteiger partial charge in [-0.1, -0.05) is 12.1 Å². The highest BCUT2D eigenvalue weighted by Gasteiger charge is 2.23. The van der Waals surface area contributed by atoms with Crippen molar-refractivity contribution in [3.05, 3.63) is 17.5 Å². The maximum absolute atomic E-state index is 11.6. The summed E-state index contributed by atoms with van der Waals surface area (Å²) in [5.41, 5.74) is 0.246. The van der Waals surface area contributed by atoms with E-state index in [0.29, 0.717) is 5.76 Å². The first kappa shape index (κ1) is 13.7. The van der Waals surface area contributed by atoms with Crippen LogP contribution < -0.4 is 4.72 Å². The summed E-state index contributed by atoms with van der Waals surface area (Å²) < 4.78 is 30.1. The summed E-state index contributed by atoms with van der Waals surface area (Å²) in [7, 11) is -3.73. The number of carboxylic acid groups (broad SMARTS) is 1. The number of aryl methyl sites for hydroxylation is 1. The van der Waals surface area contributed by atoms with Gasteiger partial charge in [0.1, 0.15) is 23.2 Å². The van der Waals surface area contributed by atoms with Crippen molar-refractivity contribution in [3.8, 4) is 0 Å². The van der Waals surface area contributed by atoms with Gasteiger partial charge >= 0.3 is 5.97 Å². The molecule has 7 nitrogen and oxygen atoms in total. The van der Waals surface area contributed by atoms with Crippen LogP contribution in [0.4, 0.5) is 0 Å². The molecule has 2 N–H and O–H groups in total. The Bertz CT molecular complexity index is 493. The van der Waals surface area contributed by atoms with Gasteiger partial charge in [0.25, 0.3) is 0 Å². The standard InChI is InChI=1S/C9H14N2O5S/c1-3-8(9(12)13)11-17(14,15)5-7-4-6(2)16-10-7/h4,8,11H,3,5H2,1-2H3,(H,12,13)/t8-/m1/s1. The van der Waals surface area contributed by atoms with Crippen LogP contribution in [-0.2, 0) is 20.6 Å². The average Bonchev–Trinajstić information content (AvgIpc) is 2.59. The lowest BCUT2D eigenvalue weighted by Gasteiger charge is -2.11. The third-order valence-corrected chi connectivity index (χ3v) is 3.36. The first-order valence-corrected chi connectivity index (χ1v) is 6.64. The zero-order valence-corrected chi connectivity index (χ0v) is 10.3. The molecule has 1 aromatic rings. The summed E-state index contributed by atoms with van der Waals surface area (Å²) in [5.74, 6) is -1.10. The Morgan fingerprint density at radius 3 is 2.71 bits per heavy atom. The minimum Gasteiger partial charge on any atom is -0.480 e. The number of rotatable bonds is 6. The molecular formula is C9H14N2O5S. The molecule has 0 amide bonds. The van der Waals surface area contributed by atoms with Gasteiger partial charge in [0.15, 0.2) is 0 Å². The molecule has 1 rings (SSSR count). The molecule has 0 unspecified atom stereocenters. The number of sulfonamides is 1. The van der Waals surface area contributed by atoms with Crippen LogP contribution in [0.5, 0.6) is 0 Å². The van der Waals surface area contributed by atoms with E-state index in [0.717, 1.165) is 0 Å². The molecule has 8 heteroatoms. The third-order valence-electron chi connectivity index (χ3n) is 2.04. The lowest BCUT2D eigenvalue weighted by atomic mass is 10.2. The second kappa shape index (κ2) is 5.28. The smallest absolute Gasteiger partial charge is 0.321 e. The van der Waals surface area contributed by atoms with E-state index in [1.807, 2.05) is 0 Å². The van der Waals surface area contributed by atoms with E-state index in [4.69, 9.17) is 9.63 Å². The van der Waals surface area contributed by atoms with Crippen LogP contribution in [0, 0.1) is 6.92 Å². The molecular weight excluding hydrogens is 248 g/mol. The van der Waals surface area contributed by atoms with Gasteiger partial charge in [-0.25, -0.2) is 13.1 Å². The number of aliphatic carboxylic acids is 1. The molecule has 0 saturated heterocycles. The van der Waals surface area contributed by atoms with Crippen LogP contribution in [0.1, 0.15) is 24.8 Å². The fraction of sp³-hybridized carbons (Fsp3) is 0.556. The molecule has 1 atom stereocenters. The highest BCUT2D eigenvalue weighted by molar-refractivity contribution is 7.88. The molecule has 0 radical (unpaired) electrons. The predicted molar refractivity (Wildman–Crippen MR) is 58.7 cm³/mol. The summed E-state index contributed by atoms with van der Waals surface area (Å²) in [4.78, 5) is 10.7. The van der Waals surface area contributed by atoms with Gasteiger partial charge in [-0.15, -0.1) is 0 Å². The Morgan fingerprint density at radius 2 is 2.29 bits per heavy atom. The number of aromatic nitrogens is 1. The zero-order chi connectivity index (χ0) is 13.1. The molecule has 17 heavy (non-hydrogen) atoms. The summed E-state index contributed by atoms with van der Waals surface area (Å²) >= 11 is 0. The number of nitrogens with zero attached hydrogens (tertiary/aromatic N) is 1.